The summed E-state index contributed by atoms with van der Waals surface area (Å²) in [6.45, 7) is 2.71. The Bertz CT molecular complexity index is 795. The average molecular weight is 352 g/mol. The van der Waals surface area contributed by atoms with E-state index in [4.69, 9.17) is 4.98 Å². The molecule has 1 aliphatic rings. The number of fused-ring (bicyclic) bond motifs is 3. The first-order chi connectivity index (χ1) is 11.2. The number of carbonyl (C=O) groups is 1. The third kappa shape index (κ3) is 3.17. The normalized spacial score (nSPS) is 13.5. The second kappa shape index (κ2) is 7.05. The molecule has 0 spiro atoms. The zero-order chi connectivity index (χ0) is 16.4. The van der Waals surface area contributed by atoms with Gasteiger partial charge in [-0.15, -0.1) is 11.3 Å². The number of esters is 1. The molecule has 0 bridgehead atoms. The molecule has 0 saturated carbocycles. The molecule has 2 aromatic heterocycles. The highest BCUT2D eigenvalue weighted by Gasteiger charge is 2.23. The lowest BCUT2D eigenvalue weighted by atomic mass is 10.2. The van der Waals surface area contributed by atoms with E-state index in [2.05, 4.69) is 11.7 Å². The van der Waals surface area contributed by atoms with E-state index >= 15 is 0 Å². The van der Waals surface area contributed by atoms with Crippen LogP contribution in [0.2, 0.25) is 0 Å². The van der Waals surface area contributed by atoms with E-state index in [1.807, 2.05) is 0 Å². The molecule has 2 heterocycles. The molecule has 3 rings (SSSR count). The molecule has 1 aliphatic carbocycles. The minimum absolute atomic E-state index is 0.0804. The number of aromatic nitrogens is 2. The van der Waals surface area contributed by atoms with E-state index in [-0.39, 0.29) is 11.5 Å². The average Bonchev–Trinajstić information content (AvgIpc) is 3.11. The molecule has 0 amide bonds. The summed E-state index contributed by atoms with van der Waals surface area (Å²) < 4.78 is 6.44. The van der Waals surface area contributed by atoms with Crippen molar-refractivity contribution in [3.8, 4) is 0 Å². The van der Waals surface area contributed by atoms with Crippen molar-refractivity contribution in [2.75, 3.05) is 12.9 Å². The first-order valence-electron chi connectivity index (χ1n) is 7.90. The second-order valence-electron chi connectivity index (χ2n) is 5.56. The molecule has 0 radical (unpaired) electrons. The predicted octanol–water partition coefficient (Wildman–Crippen LogP) is 3.01. The Morgan fingerprint density at radius 1 is 1.43 bits per heavy atom. The molecule has 0 unspecified atom stereocenters. The molecule has 0 aliphatic heterocycles. The van der Waals surface area contributed by atoms with Gasteiger partial charge < -0.3 is 4.74 Å². The first kappa shape index (κ1) is 16.5. The highest BCUT2D eigenvalue weighted by atomic mass is 32.2. The first-order valence-corrected chi connectivity index (χ1v) is 9.70. The van der Waals surface area contributed by atoms with Gasteiger partial charge in [0.1, 0.15) is 4.83 Å². The fraction of sp³-hybridized carbons (Fsp3) is 0.562. The van der Waals surface area contributed by atoms with Crippen LogP contribution in [0.15, 0.2) is 9.95 Å². The highest BCUT2D eigenvalue weighted by molar-refractivity contribution is 7.99. The number of aryl methyl sites for hydroxylation is 2. The lowest BCUT2D eigenvalue weighted by Gasteiger charge is -2.11. The Kier molecular flexibility index (Phi) is 5.06. The maximum Gasteiger partial charge on any atom is 0.306 e. The van der Waals surface area contributed by atoms with Crippen molar-refractivity contribution >= 4 is 39.3 Å². The maximum absolute atomic E-state index is 12.9. The van der Waals surface area contributed by atoms with Gasteiger partial charge in [0.05, 0.1) is 18.9 Å². The van der Waals surface area contributed by atoms with Gasteiger partial charge in [-0.25, -0.2) is 4.98 Å². The highest BCUT2D eigenvalue weighted by Crippen LogP contribution is 2.35. The Morgan fingerprint density at radius 3 is 3.00 bits per heavy atom. The molecule has 0 atom stereocenters. The number of hydrogen-bond donors (Lipinski definition) is 0. The molecule has 0 N–H and O–H groups in total. The monoisotopic (exact) mass is 352 g/mol. The summed E-state index contributed by atoms with van der Waals surface area (Å²) in [7, 11) is 1.39. The van der Waals surface area contributed by atoms with Crippen LogP contribution < -0.4 is 5.56 Å². The number of hydrogen-bond acceptors (Lipinski definition) is 6. The fourth-order valence-electron chi connectivity index (χ4n) is 2.92. The number of nitrogens with zero attached hydrogens (tertiary/aromatic N) is 2. The Hall–Kier alpha value is -1.34. The van der Waals surface area contributed by atoms with E-state index in [0.29, 0.717) is 23.9 Å². The van der Waals surface area contributed by atoms with Crippen LogP contribution in [0.25, 0.3) is 10.2 Å². The molecular weight excluding hydrogens is 332 g/mol. The molecule has 23 heavy (non-hydrogen) atoms. The Labute approximate surface area is 143 Å². The zero-order valence-electron chi connectivity index (χ0n) is 13.4. The summed E-state index contributed by atoms with van der Waals surface area (Å²) in [5.74, 6) is 0.331. The van der Waals surface area contributed by atoms with Gasteiger partial charge in [0.25, 0.3) is 5.56 Å². The second-order valence-corrected chi connectivity index (χ2v) is 7.71. The Balaban J connectivity index is 1.98. The lowest BCUT2D eigenvalue weighted by molar-refractivity contribution is -0.140. The fourth-order valence-corrected chi connectivity index (χ4v) is 5.16. The summed E-state index contributed by atoms with van der Waals surface area (Å²) in [5, 5.41) is 1.54. The van der Waals surface area contributed by atoms with E-state index in [9.17, 15) is 9.59 Å². The minimum Gasteiger partial charge on any atom is -0.469 e. The zero-order valence-corrected chi connectivity index (χ0v) is 15.0. The van der Waals surface area contributed by atoms with Crippen LogP contribution in [0, 0.1) is 0 Å². The third-order valence-corrected chi connectivity index (χ3v) is 6.17. The smallest absolute Gasteiger partial charge is 0.306 e. The number of carbonyl (C=O) groups excluding carboxylic acids is 1. The van der Waals surface area contributed by atoms with Crippen molar-refractivity contribution in [1.29, 1.82) is 0 Å². The van der Waals surface area contributed by atoms with Crippen molar-refractivity contribution in [3.63, 3.8) is 0 Å². The van der Waals surface area contributed by atoms with Crippen LogP contribution in [-0.4, -0.2) is 28.4 Å². The molecule has 0 aromatic carbocycles. The molecule has 2 aromatic rings. The van der Waals surface area contributed by atoms with Gasteiger partial charge in [0, 0.05) is 17.2 Å². The number of methoxy groups -OCH3 is 1. The van der Waals surface area contributed by atoms with E-state index in [0.717, 1.165) is 35.9 Å². The molecule has 5 nitrogen and oxygen atoms in total. The summed E-state index contributed by atoms with van der Waals surface area (Å²) in [5.41, 5.74) is 1.30. The van der Waals surface area contributed by atoms with E-state index in [1.165, 1.54) is 29.3 Å². The van der Waals surface area contributed by atoms with Crippen molar-refractivity contribution < 1.29 is 9.53 Å². The van der Waals surface area contributed by atoms with Gasteiger partial charge in [-0.2, -0.15) is 0 Å². The van der Waals surface area contributed by atoms with Gasteiger partial charge in [0.15, 0.2) is 5.16 Å². The van der Waals surface area contributed by atoms with Gasteiger partial charge in [-0.1, -0.05) is 18.7 Å². The van der Waals surface area contributed by atoms with Crippen LogP contribution in [0.4, 0.5) is 0 Å². The van der Waals surface area contributed by atoms with E-state index in [1.54, 1.807) is 15.9 Å². The SMILES string of the molecule is CCCn1c(SCCC(=O)OC)nc2sc3c(c2c1=O)CCC3. The van der Waals surface area contributed by atoms with Crippen molar-refractivity contribution in [3.05, 3.63) is 20.8 Å². The number of thioether (sulfide) groups is 1. The summed E-state index contributed by atoms with van der Waals surface area (Å²) in [4.78, 5) is 31.1. The van der Waals surface area contributed by atoms with Crippen molar-refractivity contribution in [2.45, 2.75) is 50.7 Å². The Morgan fingerprint density at radius 2 is 2.26 bits per heavy atom. The van der Waals surface area contributed by atoms with Gasteiger partial charge in [0.2, 0.25) is 0 Å². The summed E-state index contributed by atoms with van der Waals surface area (Å²) in [6.07, 6.45) is 4.40. The standard InChI is InChI=1S/C16H20N2O3S2/c1-3-8-18-15(20)13-10-5-4-6-11(10)23-14(13)17-16(18)22-9-7-12(19)21-2/h3-9H2,1-2H3. The third-order valence-electron chi connectivity index (χ3n) is 4.00. The largest absolute Gasteiger partial charge is 0.469 e. The van der Waals surface area contributed by atoms with Crippen LogP contribution >= 0.6 is 23.1 Å². The van der Waals surface area contributed by atoms with Crippen molar-refractivity contribution in [1.82, 2.24) is 9.55 Å². The molecular formula is C16H20N2O3S2. The van der Waals surface area contributed by atoms with Gasteiger partial charge in [-0.05, 0) is 31.2 Å². The summed E-state index contributed by atoms with van der Waals surface area (Å²) >= 11 is 3.11. The molecule has 0 saturated heterocycles. The number of rotatable bonds is 6. The predicted molar refractivity (Wildman–Crippen MR) is 93.6 cm³/mol. The number of ether oxygens (including phenoxy) is 1. The lowest BCUT2D eigenvalue weighted by Crippen LogP contribution is -2.23. The maximum atomic E-state index is 12.9. The van der Waals surface area contributed by atoms with E-state index < -0.39 is 0 Å². The number of thiophene rings is 1. The summed E-state index contributed by atoms with van der Waals surface area (Å²) in [6, 6.07) is 0. The topological polar surface area (TPSA) is 61.2 Å². The van der Waals surface area contributed by atoms with Crippen LogP contribution in [0.5, 0.6) is 0 Å². The van der Waals surface area contributed by atoms with Gasteiger partial charge in [-0.3, -0.25) is 14.2 Å². The van der Waals surface area contributed by atoms with Gasteiger partial charge >= 0.3 is 5.97 Å². The molecule has 124 valence electrons. The quantitative estimate of drug-likeness (QED) is 0.454. The van der Waals surface area contributed by atoms with Crippen LogP contribution in [0.3, 0.4) is 0 Å². The minimum atomic E-state index is -0.238. The molecule has 0 fully saturated rings. The van der Waals surface area contributed by atoms with Crippen molar-refractivity contribution in [2.24, 2.45) is 0 Å². The van der Waals surface area contributed by atoms with Crippen LogP contribution in [-0.2, 0) is 28.9 Å². The van der Waals surface area contributed by atoms with Crippen LogP contribution in [0.1, 0.15) is 36.6 Å². The molecule has 7 heteroatoms.